The maximum atomic E-state index is 13.5. The molecular weight excluding hydrogens is 558 g/mol. The Morgan fingerprint density at radius 2 is 0.892 bits per heavy atom. The van der Waals surface area contributed by atoms with E-state index < -0.39 is 69.7 Å². The number of benzene rings is 2. The molecule has 0 spiro atoms. The van der Waals surface area contributed by atoms with Gasteiger partial charge in [-0.3, -0.25) is 0 Å². The summed E-state index contributed by atoms with van der Waals surface area (Å²) in [6.45, 7) is 0.145. The van der Waals surface area contributed by atoms with Crippen molar-refractivity contribution in [3.63, 3.8) is 0 Å². The summed E-state index contributed by atoms with van der Waals surface area (Å²) in [5.74, 6) is 0. The van der Waals surface area contributed by atoms with E-state index in [9.17, 15) is 52.7 Å². The second-order valence-electron chi connectivity index (χ2n) is 8.18. The van der Waals surface area contributed by atoms with Crippen LogP contribution >= 0.6 is 12.4 Å². The summed E-state index contributed by atoms with van der Waals surface area (Å²) in [4.78, 5) is 0. The number of rotatable bonds is 4. The van der Waals surface area contributed by atoms with Gasteiger partial charge < -0.3 is 10.1 Å². The highest BCUT2D eigenvalue weighted by atomic mass is 35.5. The van der Waals surface area contributed by atoms with Crippen LogP contribution in [-0.2, 0) is 35.0 Å². The molecule has 1 fully saturated rings. The van der Waals surface area contributed by atoms with Gasteiger partial charge in [0.25, 0.3) is 0 Å². The van der Waals surface area contributed by atoms with Crippen LogP contribution in [0.5, 0.6) is 0 Å². The first-order valence-corrected chi connectivity index (χ1v) is 10.2. The Hall–Kier alpha value is -2.19. The van der Waals surface area contributed by atoms with Gasteiger partial charge in [-0.25, -0.2) is 0 Å². The summed E-state index contributed by atoms with van der Waals surface area (Å²) in [5.41, 5.74) is -11.6. The molecule has 2 nitrogen and oxygen atoms in total. The first-order chi connectivity index (χ1) is 16.3. The van der Waals surface area contributed by atoms with Crippen molar-refractivity contribution < 1.29 is 57.4 Å². The van der Waals surface area contributed by atoms with Crippen LogP contribution in [-0.4, -0.2) is 19.7 Å². The topological polar surface area (TPSA) is 21.3 Å². The normalized spacial score (nSPS) is 17.6. The summed E-state index contributed by atoms with van der Waals surface area (Å²) in [6.07, 6.45) is -21.0. The van der Waals surface area contributed by atoms with Crippen molar-refractivity contribution >= 4 is 12.4 Å². The van der Waals surface area contributed by atoms with Gasteiger partial charge in [0.2, 0.25) is 0 Å². The van der Waals surface area contributed by atoms with E-state index in [0.29, 0.717) is 0 Å². The zero-order valence-electron chi connectivity index (χ0n) is 18.5. The van der Waals surface area contributed by atoms with Crippen molar-refractivity contribution in [2.75, 3.05) is 13.7 Å². The SMILES string of the molecule is COC(c1cc(C(F)(F)F)cc(C(F)(F)F)c1)(c1cc(C(F)(F)F)cc(C(F)(F)F)c1)[C@@H]1CCCN1.Cl. The molecule has 1 N–H and O–H groups in total. The molecule has 3 rings (SSSR count). The molecule has 1 aliphatic heterocycles. The van der Waals surface area contributed by atoms with Crippen LogP contribution in [0.25, 0.3) is 0 Å². The third kappa shape index (κ3) is 6.28. The van der Waals surface area contributed by atoms with Crippen LogP contribution in [0.3, 0.4) is 0 Å². The molecule has 0 aliphatic carbocycles. The minimum Gasteiger partial charge on any atom is -0.367 e. The first-order valence-electron chi connectivity index (χ1n) is 10.2. The van der Waals surface area contributed by atoms with Crippen LogP contribution in [0.1, 0.15) is 46.2 Å². The fourth-order valence-corrected chi connectivity index (χ4v) is 4.32. The fourth-order valence-electron chi connectivity index (χ4n) is 4.32. The molecule has 0 aromatic heterocycles. The Kier molecular flexibility index (Phi) is 8.53. The van der Waals surface area contributed by atoms with E-state index in [1.807, 2.05) is 0 Å². The van der Waals surface area contributed by atoms with E-state index >= 15 is 0 Å². The van der Waals surface area contributed by atoms with Crippen LogP contribution in [0.15, 0.2) is 36.4 Å². The van der Waals surface area contributed by atoms with Gasteiger partial charge in [-0.1, -0.05) is 0 Å². The van der Waals surface area contributed by atoms with Gasteiger partial charge in [0.05, 0.1) is 22.3 Å². The Morgan fingerprint density at radius 3 is 1.11 bits per heavy atom. The average molecular weight is 576 g/mol. The van der Waals surface area contributed by atoms with Crippen molar-refractivity contribution in [2.24, 2.45) is 0 Å². The third-order valence-corrected chi connectivity index (χ3v) is 5.91. The average Bonchev–Trinajstić information content (AvgIpc) is 3.27. The number of halogens is 13. The van der Waals surface area contributed by atoms with Crippen molar-refractivity contribution in [3.8, 4) is 0 Å². The Bertz CT molecular complexity index is 959. The molecule has 15 heteroatoms. The highest BCUT2D eigenvalue weighted by Gasteiger charge is 2.49. The molecule has 208 valence electrons. The van der Waals surface area contributed by atoms with E-state index in [-0.39, 0.29) is 68.2 Å². The van der Waals surface area contributed by atoms with Crippen molar-refractivity contribution in [1.29, 1.82) is 0 Å². The zero-order valence-corrected chi connectivity index (χ0v) is 19.3. The molecule has 2 aromatic carbocycles. The molecule has 0 saturated carbocycles. The Morgan fingerprint density at radius 1 is 0.595 bits per heavy atom. The smallest absolute Gasteiger partial charge is 0.367 e. The molecule has 1 heterocycles. The zero-order chi connectivity index (χ0) is 27.3. The standard InChI is InChI=1S/C22H17F12NO.ClH/c1-36-18(17-3-2-4-35-17,11-5-13(19(23,24)25)9-14(6-11)20(26,27)28)12-7-15(21(29,30)31)10-16(8-12)22(32,33)34;/h5-10,17,35H,2-4H2,1H3;1H/t17-;/m0./s1. The predicted molar refractivity (Wildman–Crippen MR) is 109 cm³/mol. The maximum Gasteiger partial charge on any atom is 0.416 e. The highest BCUT2D eigenvalue weighted by molar-refractivity contribution is 5.85. The van der Waals surface area contributed by atoms with Crippen LogP contribution in [0.4, 0.5) is 52.7 Å². The molecule has 0 unspecified atom stereocenters. The fraction of sp³-hybridized carbons (Fsp3) is 0.455. The Balaban J connectivity index is 0.00000481. The van der Waals surface area contributed by atoms with E-state index in [0.717, 1.165) is 7.11 Å². The summed E-state index contributed by atoms with van der Waals surface area (Å²) >= 11 is 0. The van der Waals surface area contributed by atoms with Gasteiger partial charge in [-0.15, -0.1) is 12.4 Å². The lowest BCUT2D eigenvalue weighted by Crippen LogP contribution is -2.48. The minimum atomic E-state index is -5.32. The number of alkyl halides is 12. The van der Waals surface area contributed by atoms with Crippen LogP contribution < -0.4 is 5.32 Å². The first kappa shape index (κ1) is 31.0. The summed E-state index contributed by atoms with van der Waals surface area (Å²) < 4.78 is 168. The van der Waals surface area contributed by atoms with Gasteiger partial charge in [-0.2, -0.15) is 52.7 Å². The summed E-state index contributed by atoms with van der Waals surface area (Å²) in [5, 5.41) is 2.73. The second-order valence-corrected chi connectivity index (χ2v) is 8.18. The summed E-state index contributed by atoms with van der Waals surface area (Å²) in [7, 11) is 0.793. The predicted octanol–water partition coefficient (Wildman–Crippen LogP) is 7.83. The number of nitrogens with one attached hydrogen (secondary N) is 1. The lowest BCUT2D eigenvalue weighted by molar-refractivity contribution is -0.144. The van der Waals surface area contributed by atoms with E-state index in [1.165, 1.54) is 0 Å². The molecule has 37 heavy (non-hydrogen) atoms. The maximum absolute atomic E-state index is 13.5. The molecular formula is C22H18ClF12NO. The van der Waals surface area contributed by atoms with Crippen LogP contribution in [0, 0.1) is 0 Å². The van der Waals surface area contributed by atoms with Gasteiger partial charge in [-0.05, 0) is 66.9 Å². The lowest BCUT2D eigenvalue weighted by Gasteiger charge is -2.40. The summed E-state index contributed by atoms with van der Waals surface area (Å²) in [6, 6.07) is -0.674. The largest absolute Gasteiger partial charge is 0.416 e. The Labute approximate surface area is 208 Å². The number of methoxy groups -OCH3 is 1. The van der Waals surface area contributed by atoms with E-state index in [2.05, 4.69) is 5.32 Å². The number of hydrogen-bond acceptors (Lipinski definition) is 2. The molecule has 0 bridgehead atoms. The van der Waals surface area contributed by atoms with Crippen LogP contribution in [0.2, 0.25) is 0 Å². The molecule has 1 saturated heterocycles. The quantitative estimate of drug-likeness (QED) is 0.375. The van der Waals surface area contributed by atoms with Crippen molar-refractivity contribution in [2.45, 2.75) is 49.2 Å². The minimum absolute atomic E-state index is 0. The monoisotopic (exact) mass is 575 g/mol. The van der Waals surface area contributed by atoms with E-state index in [1.54, 1.807) is 0 Å². The number of ether oxygens (including phenoxy) is 1. The van der Waals surface area contributed by atoms with Gasteiger partial charge >= 0.3 is 24.7 Å². The highest BCUT2D eigenvalue weighted by Crippen LogP contribution is 2.47. The van der Waals surface area contributed by atoms with Gasteiger partial charge in [0, 0.05) is 13.2 Å². The van der Waals surface area contributed by atoms with E-state index in [4.69, 9.17) is 4.74 Å². The van der Waals surface area contributed by atoms with Gasteiger partial charge in [0.15, 0.2) is 0 Å². The molecule has 2 aromatic rings. The number of hydrogen-bond donors (Lipinski definition) is 1. The van der Waals surface area contributed by atoms with Crippen molar-refractivity contribution in [3.05, 3.63) is 69.8 Å². The molecule has 1 atom stereocenters. The van der Waals surface area contributed by atoms with Gasteiger partial charge in [0.1, 0.15) is 5.60 Å². The lowest BCUT2D eigenvalue weighted by atomic mass is 9.77. The third-order valence-electron chi connectivity index (χ3n) is 5.91. The second kappa shape index (κ2) is 10.2. The molecule has 1 aliphatic rings. The molecule has 0 radical (unpaired) electrons. The molecule has 0 amide bonds. The van der Waals surface area contributed by atoms with Crippen molar-refractivity contribution in [1.82, 2.24) is 5.32 Å².